The Hall–Kier alpha value is -3.63. The van der Waals surface area contributed by atoms with Crippen LogP contribution in [0.1, 0.15) is 16.7 Å². The number of nitrogens with zero attached hydrogens (tertiary/aromatic N) is 3. The lowest BCUT2D eigenvalue weighted by molar-refractivity contribution is -0.137. The summed E-state index contributed by atoms with van der Waals surface area (Å²) in [6, 6.07) is 15.3. The molecule has 1 fully saturated rings. The van der Waals surface area contributed by atoms with Gasteiger partial charge in [-0.05, 0) is 71.9 Å². The minimum absolute atomic E-state index is 0.00316. The number of alkyl halides is 3. The maximum Gasteiger partial charge on any atom is 0.416 e. The van der Waals surface area contributed by atoms with Crippen LogP contribution < -0.4 is 0 Å². The van der Waals surface area contributed by atoms with E-state index in [1.54, 1.807) is 24.3 Å². The summed E-state index contributed by atoms with van der Waals surface area (Å²) >= 11 is 6.69. The van der Waals surface area contributed by atoms with E-state index in [-0.39, 0.29) is 34.1 Å². The normalized spacial score (nSPS) is 15.5. The van der Waals surface area contributed by atoms with E-state index in [0.29, 0.717) is 10.6 Å². The zero-order chi connectivity index (χ0) is 25.2. The first-order valence-electron chi connectivity index (χ1n) is 10.0. The standard InChI is InChI=1S/C24H15ClF3N3O3S/c25-17-5-1-3-14(9-17)13-31-22(33)21(35-23(31)34)11-15-10-19(7-8-20(15)32)30-29-18-6-2-4-16(12-18)24(26,27)28/h1-12,32H,13H2/b21-11-,30-29?. The number of thioether (sulfide) groups is 1. The molecule has 4 rings (SSSR count). The number of halogens is 4. The molecular formula is C24H15ClF3N3O3S. The van der Waals surface area contributed by atoms with Crippen LogP contribution in [-0.2, 0) is 17.5 Å². The minimum atomic E-state index is -4.51. The zero-order valence-electron chi connectivity index (χ0n) is 17.7. The lowest BCUT2D eigenvalue weighted by atomic mass is 10.1. The summed E-state index contributed by atoms with van der Waals surface area (Å²) in [5.74, 6) is -0.708. The van der Waals surface area contributed by atoms with Crippen molar-refractivity contribution in [2.75, 3.05) is 0 Å². The molecule has 11 heteroatoms. The minimum Gasteiger partial charge on any atom is -0.507 e. The number of azo groups is 1. The average molecular weight is 518 g/mol. The molecule has 2 amide bonds. The second-order valence-electron chi connectivity index (χ2n) is 7.39. The molecule has 3 aromatic rings. The van der Waals surface area contributed by atoms with Crippen molar-refractivity contribution in [2.45, 2.75) is 12.7 Å². The van der Waals surface area contributed by atoms with Gasteiger partial charge in [0.05, 0.1) is 28.4 Å². The maximum absolute atomic E-state index is 12.9. The molecule has 3 aromatic carbocycles. The van der Waals surface area contributed by atoms with Crippen LogP contribution in [0, 0.1) is 0 Å². The largest absolute Gasteiger partial charge is 0.507 e. The van der Waals surface area contributed by atoms with Gasteiger partial charge in [-0.15, -0.1) is 0 Å². The fraction of sp³-hybridized carbons (Fsp3) is 0.0833. The Morgan fingerprint density at radius 1 is 0.971 bits per heavy atom. The van der Waals surface area contributed by atoms with Crippen molar-refractivity contribution in [3.63, 3.8) is 0 Å². The van der Waals surface area contributed by atoms with Crippen LogP contribution >= 0.6 is 23.4 Å². The topological polar surface area (TPSA) is 82.3 Å². The number of phenols is 1. The van der Waals surface area contributed by atoms with Gasteiger partial charge in [0.25, 0.3) is 11.1 Å². The molecule has 0 bridgehead atoms. The Morgan fingerprint density at radius 3 is 2.40 bits per heavy atom. The number of imide groups is 1. The van der Waals surface area contributed by atoms with Crippen LogP contribution in [-0.4, -0.2) is 21.2 Å². The first kappa shape index (κ1) is 24.5. The summed E-state index contributed by atoms with van der Waals surface area (Å²) in [6.45, 7) is 0.0415. The summed E-state index contributed by atoms with van der Waals surface area (Å²) in [6.07, 6.45) is -3.16. The van der Waals surface area contributed by atoms with E-state index >= 15 is 0 Å². The highest BCUT2D eigenvalue weighted by Gasteiger charge is 2.35. The summed E-state index contributed by atoms with van der Waals surface area (Å²) in [4.78, 5) is 26.4. The van der Waals surface area contributed by atoms with E-state index in [4.69, 9.17) is 11.6 Å². The zero-order valence-corrected chi connectivity index (χ0v) is 19.2. The predicted molar refractivity (Wildman–Crippen MR) is 127 cm³/mol. The molecule has 0 spiro atoms. The van der Waals surface area contributed by atoms with E-state index in [0.717, 1.165) is 28.8 Å². The molecule has 1 aliphatic rings. The molecule has 0 radical (unpaired) electrons. The lowest BCUT2D eigenvalue weighted by Crippen LogP contribution is -2.27. The smallest absolute Gasteiger partial charge is 0.416 e. The molecule has 1 N–H and O–H groups in total. The van der Waals surface area contributed by atoms with Gasteiger partial charge in [0, 0.05) is 10.6 Å². The van der Waals surface area contributed by atoms with E-state index in [1.165, 1.54) is 36.4 Å². The summed E-state index contributed by atoms with van der Waals surface area (Å²) < 4.78 is 38.6. The SMILES string of the molecule is O=C1S/C(=C\c2cc(N=Nc3cccc(C(F)(F)F)c3)ccc2O)C(=O)N1Cc1cccc(Cl)c1. The van der Waals surface area contributed by atoms with E-state index in [9.17, 15) is 27.9 Å². The number of amides is 2. The molecule has 35 heavy (non-hydrogen) atoms. The molecule has 1 saturated heterocycles. The Kier molecular flexibility index (Phi) is 6.95. The summed E-state index contributed by atoms with van der Waals surface area (Å²) in [5.41, 5.74) is 0.245. The van der Waals surface area contributed by atoms with Crippen LogP contribution in [0.15, 0.2) is 81.9 Å². The highest BCUT2D eigenvalue weighted by molar-refractivity contribution is 8.18. The molecule has 1 heterocycles. The second kappa shape index (κ2) is 9.93. The van der Waals surface area contributed by atoms with Crippen molar-refractivity contribution in [3.8, 4) is 5.75 Å². The number of phenolic OH excluding ortho intramolecular Hbond substituents is 1. The van der Waals surface area contributed by atoms with Gasteiger partial charge in [-0.3, -0.25) is 14.5 Å². The highest BCUT2D eigenvalue weighted by atomic mass is 35.5. The van der Waals surface area contributed by atoms with E-state index < -0.39 is 22.9 Å². The maximum atomic E-state index is 12.9. The Labute approximate surface area is 206 Å². The summed E-state index contributed by atoms with van der Waals surface area (Å²) in [5, 5.41) is 18.0. The monoisotopic (exact) mass is 517 g/mol. The van der Waals surface area contributed by atoms with Gasteiger partial charge in [0.1, 0.15) is 5.75 Å². The third-order valence-corrected chi connectivity index (χ3v) is 6.00. The van der Waals surface area contributed by atoms with E-state index in [2.05, 4.69) is 10.2 Å². The number of benzene rings is 3. The van der Waals surface area contributed by atoms with E-state index in [1.807, 2.05) is 0 Å². The fourth-order valence-electron chi connectivity index (χ4n) is 3.18. The van der Waals surface area contributed by atoms with Crippen LogP contribution in [0.2, 0.25) is 5.02 Å². The third kappa shape index (κ3) is 5.90. The fourth-order valence-corrected chi connectivity index (χ4v) is 4.22. The highest BCUT2D eigenvalue weighted by Crippen LogP contribution is 2.36. The van der Waals surface area contributed by atoms with Gasteiger partial charge in [0.2, 0.25) is 0 Å². The molecule has 0 atom stereocenters. The van der Waals surface area contributed by atoms with Gasteiger partial charge in [-0.25, -0.2) is 0 Å². The Balaban J connectivity index is 1.55. The molecule has 6 nitrogen and oxygen atoms in total. The van der Waals surface area contributed by atoms with Gasteiger partial charge in [-0.2, -0.15) is 23.4 Å². The van der Waals surface area contributed by atoms with Crippen LogP contribution in [0.25, 0.3) is 6.08 Å². The van der Waals surface area contributed by atoms with Crippen molar-refractivity contribution in [1.29, 1.82) is 0 Å². The first-order valence-corrected chi connectivity index (χ1v) is 11.2. The van der Waals surface area contributed by atoms with Crippen LogP contribution in [0.4, 0.5) is 29.3 Å². The molecule has 0 unspecified atom stereocenters. The number of rotatable bonds is 5. The van der Waals surface area contributed by atoms with Crippen molar-refractivity contribution >= 4 is 52.0 Å². The number of hydrogen-bond donors (Lipinski definition) is 1. The van der Waals surface area contributed by atoms with Gasteiger partial charge < -0.3 is 5.11 Å². The van der Waals surface area contributed by atoms with Gasteiger partial charge in [-0.1, -0.05) is 29.8 Å². The van der Waals surface area contributed by atoms with Gasteiger partial charge >= 0.3 is 6.18 Å². The van der Waals surface area contributed by atoms with Crippen LogP contribution in [0.3, 0.4) is 0 Å². The molecular weight excluding hydrogens is 503 g/mol. The molecule has 0 aliphatic carbocycles. The quantitative estimate of drug-likeness (QED) is 0.277. The Bertz CT molecular complexity index is 1380. The van der Waals surface area contributed by atoms with Crippen molar-refractivity contribution in [3.05, 3.63) is 93.3 Å². The number of carbonyl (C=O) groups is 2. The second-order valence-corrected chi connectivity index (χ2v) is 8.82. The lowest BCUT2D eigenvalue weighted by Gasteiger charge is -2.12. The first-order chi connectivity index (χ1) is 16.6. The Morgan fingerprint density at radius 2 is 1.69 bits per heavy atom. The third-order valence-electron chi connectivity index (χ3n) is 4.86. The predicted octanol–water partition coefficient (Wildman–Crippen LogP) is 7.72. The van der Waals surface area contributed by atoms with Crippen molar-refractivity contribution in [2.24, 2.45) is 10.2 Å². The average Bonchev–Trinajstić information content (AvgIpc) is 3.06. The van der Waals surface area contributed by atoms with Gasteiger partial charge in [0.15, 0.2) is 0 Å². The number of hydrogen-bond acceptors (Lipinski definition) is 6. The van der Waals surface area contributed by atoms with Crippen molar-refractivity contribution < 1.29 is 27.9 Å². The number of aromatic hydroxyl groups is 1. The molecule has 1 aliphatic heterocycles. The molecule has 178 valence electrons. The van der Waals surface area contributed by atoms with Crippen LogP contribution in [0.5, 0.6) is 5.75 Å². The summed E-state index contributed by atoms with van der Waals surface area (Å²) in [7, 11) is 0. The van der Waals surface area contributed by atoms with Crippen molar-refractivity contribution in [1.82, 2.24) is 4.90 Å². The molecule has 0 aromatic heterocycles. The number of carbonyl (C=O) groups excluding carboxylic acids is 2. The molecule has 0 saturated carbocycles.